The minimum Gasteiger partial charge on any atom is -0.486 e. The predicted octanol–water partition coefficient (Wildman–Crippen LogP) is 1.39. The first-order chi connectivity index (χ1) is 15.0. The fourth-order valence-corrected chi connectivity index (χ4v) is 6.70. The van der Waals surface area contributed by atoms with Crippen molar-refractivity contribution in [2.75, 3.05) is 38.2 Å². The third kappa shape index (κ3) is 4.52. The zero-order valence-corrected chi connectivity index (χ0v) is 18.4. The third-order valence-corrected chi connectivity index (χ3v) is 7.59. The zero-order chi connectivity index (χ0) is 21.4. The largest absolute Gasteiger partial charge is 0.486 e. The molecule has 2 amide bonds. The average molecular weight is 429 g/mol. The van der Waals surface area contributed by atoms with Gasteiger partial charge in [-0.15, -0.1) is 0 Å². The molecule has 0 radical (unpaired) electrons. The second kappa shape index (κ2) is 8.34. The standard InChI is InChI=1S/C24H33N3O4/c1-2-27(14-22(28)25-19-3-4-20-21(10-19)31-6-5-30-20)15-23(29)26-24-11-16-7-17(12-24)9-18(8-16)13-24/h3-4,10,16-18H,2,5-9,11-15H2,1H3,(H,25,28)(H,26,29)/p+1. The van der Waals surface area contributed by atoms with E-state index in [1.165, 1.54) is 19.3 Å². The normalized spacial score (nSPS) is 31.2. The Hall–Kier alpha value is -2.28. The number of rotatable bonds is 7. The summed E-state index contributed by atoms with van der Waals surface area (Å²) in [5, 5.41) is 6.35. The first-order valence-corrected chi connectivity index (χ1v) is 11.8. The number of ether oxygens (including phenoxy) is 2. The second-order valence-corrected chi connectivity index (χ2v) is 10.1. The Labute approximate surface area is 183 Å². The van der Waals surface area contributed by atoms with E-state index >= 15 is 0 Å². The van der Waals surface area contributed by atoms with Crippen molar-refractivity contribution in [2.24, 2.45) is 17.8 Å². The monoisotopic (exact) mass is 428 g/mol. The van der Waals surface area contributed by atoms with Crippen molar-refractivity contribution in [3.8, 4) is 11.5 Å². The number of hydrogen-bond acceptors (Lipinski definition) is 4. The molecule has 4 bridgehead atoms. The van der Waals surface area contributed by atoms with E-state index in [9.17, 15) is 9.59 Å². The van der Waals surface area contributed by atoms with E-state index in [0.29, 0.717) is 36.9 Å². The summed E-state index contributed by atoms with van der Waals surface area (Å²) in [4.78, 5) is 26.5. The molecule has 5 aliphatic rings. The summed E-state index contributed by atoms with van der Waals surface area (Å²) >= 11 is 0. The molecule has 0 spiro atoms. The number of benzene rings is 1. The van der Waals surface area contributed by atoms with Gasteiger partial charge in [-0.2, -0.15) is 0 Å². The van der Waals surface area contributed by atoms with Crippen LogP contribution in [0.5, 0.6) is 11.5 Å². The Kier molecular flexibility index (Phi) is 5.54. The Morgan fingerprint density at radius 2 is 1.58 bits per heavy atom. The molecule has 4 aliphatic carbocycles. The fraction of sp³-hybridized carbons (Fsp3) is 0.667. The van der Waals surface area contributed by atoms with Crippen LogP contribution < -0.4 is 25.0 Å². The van der Waals surface area contributed by atoms with Crippen LogP contribution in [0.3, 0.4) is 0 Å². The van der Waals surface area contributed by atoms with Gasteiger partial charge in [-0.1, -0.05) is 0 Å². The van der Waals surface area contributed by atoms with Gasteiger partial charge in [0, 0.05) is 17.3 Å². The van der Waals surface area contributed by atoms with Crippen LogP contribution in [0.2, 0.25) is 0 Å². The van der Waals surface area contributed by atoms with Crippen molar-refractivity contribution in [1.29, 1.82) is 0 Å². The predicted molar refractivity (Wildman–Crippen MR) is 116 cm³/mol. The molecule has 4 fully saturated rings. The molecule has 4 saturated carbocycles. The van der Waals surface area contributed by atoms with Gasteiger partial charge >= 0.3 is 0 Å². The first-order valence-electron chi connectivity index (χ1n) is 11.8. The average Bonchev–Trinajstić information content (AvgIpc) is 2.71. The summed E-state index contributed by atoms with van der Waals surface area (Å²) in [5.74, 6) is 3.75. The van der Waals surface area contributed by atoms with Gasteiger partial charge in [0.2, 0.25) is 0 Å². The van der Waals surface area contributed by atoms with E-state index in [4.69, 9.17) is 9.47 Å². The lowest BCUT2D eigenvalue weighted by Crippen LogP contribution is -3.14. The number of carbonyl (C=O) groups excluding carboxylic acids is 2. The van der Waals surface area contributed by atoms with Gasteiger partial charge < -0.3 is 25.0 Å². The van der Waals surface area contributed by atoms with E-state index < -0.39 is 0 Å². The Balaban J connectivity index is 1.14. The molecule has 168 valence electrons. The minimum atomic E-state index is -0.101. The Morgan fingerprint density at radius 3 is 2.23 bits per heavy atom. The highest BCUT2D eigenvalue weighted by Gasteiger charge is 2.51. The smallest absolute Gasteiger partial charge is 0.279 e. The van der Waals surface area contributed by atoms with E-state index in [0.717, 1.165) is 48.5 Å². The van der Waals surface area contributed by atoms with Gasteiger partial charge in [-0.05, 0) is 75.3 Å². The van der Waals surface area contributed by atoms with Crippen LogP contribution in [-0.2, 0) is 9.59 Å². The number of amides is 2. The van der Waals surface area contributed by atoms with Crippen LogP contribution in [0.1, 0.15) is 45.4 Å². The first kappa shape index (κ1) is 20.6. The topological polar surface area (TPSA) is 81.1 Å². The van der Waals surface area contributed by atoms with Crippen molar-refractivity contribution in [3.05, 3.63) is 18.2 Å². The Bertz CT molecular complexity index is 820. The molecular formula is C24H34N3O4+. The molecule has 7 heteroatoms. The van der Waals surface area contributed by atoms with E-state index in [2.05, 4.69) is 10.6 Å². The van der Waals surface area contributed by atoms with Crippen LogP contribution in [0.15, 0.2) is 18.2 Å². The Morgan fingerprint density at radius 1 is 0.968 bits per heavy atom. The molecule has 1 aliphatic heterocycles. The second-order valence-electron chi connectivity index (χ2n) is 10.1. The van der Waals surface area contributed by atoms with Crippen LogP contribution >= 0.6 is 0 Å². The number of anilines is 1. The lowest BCUT2D eigenvalue weighted by molar-refractivity contribution is -0.881. The number of carbonyl (C=O) groups is 2. The molecule has 0 saturated heterocycles. The summed E-state index contributed by atoms with van der Waals surface area (Å²) in [6, 6.07) is 5.42. The van der Waals surface area contributed by atoms with Crippen molar-refractivity contribution in [3.63, 3.8) is 0 Å². The van der Waals surface area contributed by atoms with Crippen molar-refractivity contribution >= 4 is 17.5 Å². The maximum Gasteiger partial charge on any atom is 0.279 e. The summed E-state index contributed by atoms with van der Waals surface area (Å²) in [6.07, 6.45) is 7.54. The zero-order valence-electron chi connectivity index (χ0n) is 18.4. The van der Waals surface area contributed by atoms with E-state index in [1.54, 1.807) is 6.07 Å². The van der Waals surface area contributed by atoms with E-state index in [1.807, 2.05) is 19.1 Å². The van der Waals surface area contributed by atoms with Gasteiger partial charge in [-0.3, -0.25) is 9.59 Å². The molecule has 1 unspecified atom stereocenters. The van der Waals surface area contributed by atoms with Gasteiger partial charge in [0.25, 0.3) is 11.8 Å². The van der Waals surface area contributed by atoms with Gasteiger partial charge in [-0.25, -0.2) is 0 Å². The molecule has 0 aromatic heterocycles. The molecule has 31 heavy (non-hydrogen) atoms. The third-order valence-electron chi connectivity index (χ3n) is 7.59. The number of quaternary nitrogens is 1. The number of fused-ring (bicyclic) bond motifs is 1. The molecular weight excluding hydrogens is 394 g/mol. The quantitative estimate of drug-likeness (QED) is 0.613. The van der Waals surface area contributed by atoms with Gasteiger partial charge in [0.1, 0.15) is 13.2 Å². The SMILES string of the molecule is CC[NH+](CC(=O)Nc1ccc2c(c1)OCCO2)CC(=O)NC12CC3CC(CC(C3)C1)C2. The molecule has 6 rings (SSSR count). The lowest BCUT2D eigenvalue weighted by atomic mass is 9.53. The van der Waals surface area contributed by atoms with Crippen molar-refractivity contribution in [1.82, 2.24) is 5.32 Å². The number of hydrogen-bond donors (Lipinski definition) is 3. The highest BCUT2D eigenvalue weighted by Crippen LogP contribution is 2.55. The minimum absolute atomic E-state index is 0.0259. The van der Waals surface area contributed by atoms with Crippen LogP contribution in [0.4, 0.5) is 5.69 Å². The van der Waals surface area contributed by atoms with Crippen LogP contribution in [-0.4, -0.2) is 50.2 Å². The fourth-order valence-electron chi connectivity index (χ4n) is 6.70. The highest BCUT2D eigenvalue weighted by molar-refractivity contribution is 5.92. The lowest BCUT2D eigenvalue weighted by Gasteiger charge is -2.56. The van der Waals surface area contributed by atoms with Crippen molar-refractivity contribution in [2.45, 2.75) is 51.0 Å². The van der Waals surface area contributed by atoms with Gasteiger partial charge in [0.15, 0.2) is 24.6 Å². The van der Waals surface area contributed by atoms with Crippen LogP contribution in [0, 0.1) is 17.8 Å². The maximum atomic E-state index is 12.9. The van der Waals surface area contributed by atoms with Crippen molar-refractivity contribution < 1.29 is 24.0 Å². The number of nitrogens with one attached hydrogen (secondary N) is 3. The highest BCUT2D eigenvalue weighted by atomic mass is 16.6. The summed E-state index contributed by atoms with van der Waals surface area (Å²) in [7, 11) is 0. The molecule has 1 aromatic rings. The summed E-state index contributed by atoms with van der Waals surface area (Å²) in [6.45, 7) is 4.40. The maximum absolute atomic E-state index is 12.9. The number of likely N-dealkylation sites (N-methyl/N-ethyl adjacent to an activating group) is 1. The summed E-state index contributed by atoms with van der Waals surface area (Å²) in [5.41, 5.74) is 0.709. The summed E-state index contributed by atoms with van der Waals surface area (Å²) < 4.78 is 11.1. The van der Waals surface area contributed by atoms with Gasteiger partial charge in [0.05, 0.1) is 6.54 Å². The van der Waals surface area contributed by atoms with E-state index in [-0.39, 0.29) is 23.9 Å². The molecule has 1 heterocycles. The van der Waals surface area contributed by atoms with Crippen LogP contribution in [0.25, 0.3) is 0 Å². The molecule has 7 nitrogen and oxygen atoms in total. The molecule has 3 N–H and O–H groups in total. The molecule has 1 aromatic carbocycles. The molecule has 1 atom stereocenters.